The predicted octanol–water partition coefficient (Wildman–Crippen LogP) is 1.79. The van der Waals surface area contributed by atoms with E-state index in [0.29, 0.717) is 17.8 Å². The molecule has 7 nitrogen and oxygen atoms in total. The average molecular weight is 287 g/mol. The Hall–Kier alpha value is -2.83. The van der Waals surface area contributed by atoms with Gasteiger partial charge < -0.3 is 20.9 Å². The van der Waals surface area contributed by atoms with Crippen molar-refractivity contribution in [1.82, 2.24) is 9.55 Å². The smallest absolute Gasteiger partial charge is 0.316 e. The average Bonchev–Trinajstić information content (AvgIpc) is 2.91. The normalized spacial score (nSPS) is 10.1. The summed E-state index contributed by atoms with van der Waals surface area (Å²) in [6.45, 7) is 0.747. The van der Waals surface area contributed by atoms with Crippen molar-refractivity contribution < 1.29 is 9.59 Å². The van der Waals surface area contributed by atoms with Crippen molar-refractivity contribution in [2.24, 2.45) is 5.73 Å². The highest BCUT2D eigenvalue weighted by atomic mass is 16.2. The van der Waals surface area contributed by atoms with E-state index in [4.69, 9.17) is 5.73 Å². The van der Waals surface area contributed by atoms with E-state index in [0.717, 1.165) is 13.0 Å². The van der Waals surface area contributed by atoms with Gasteiger partial charge in [0, 0.05) is 36.7 Å². The van der Waals surface area contributed by atoms with Gasteiger partial charge in [0.2, 0.25) is 5.91 Å². The monoisotopic (exact) mass is 287 g/mol. The lowest BCUT2D eigenvalue weighted by atomic mass is 10.2. The summed E-state index contributed by atoms with van der Waals surface area (Å²) in [5.74, 6) is -0.0775. The molecular formula is C14H17N5O2. The summed E-state index contributed by atoms with van der Waals surface area (Å²) in [4.78, 5) is 26.5. The summed E-state index contributed by atoms with van der Waals surface area (Å²) in [5, 5.41) is 5.24. The molecule has 7 heteroatoms. The van der Waals surface area contributed by atoms with Gasteiger partial charge in [0.15, 0.2) is 0 Å². The fourth-order valence-corrected chi connectivity index (χ4v) is 1.88. The van der Waals surface area contributed by atoms with Crippen molar-refractivity contribution in [3.8, 4) is 0 Å². The van der Waals surface area contributed by atoms with Gasteiger partial charge in [-0.3, -0.25) is 4.79 Å². The number of carbonyl (C=O) groups excluding carboxylic acids is 2. The number of carbonyl (C=O) groups is 2. The summed E-state index contributed by atoms with van der Waals surface area (Å²) in [7, 11) is 0. The van der Waals surface area contributed by atoms with E-state index >= 15 is 0 Å². The SMILES string of the molecule is NC(=O)Nc1cccc(NC(=O)CCCn2ccnc2)c1. The molecular weight excluding hydrogens is 270 g/mol. The molecule has 0 aliphatic carbocycles. The van der Waals surface area contributed by atoms with Crippen LogP contribution in [-0.4, -0.2) is 21.5 Å². The lowest BCUT2D eigenvalue weighted by Crippen LogP contribution is -2.19. The van der Waals surface area contributed by atoms with Crippen molar-refractivity contribution in [3.05, 3.63) is 43.0 Å². The fraction of sp³-hybridized carbons (Fsp3) is 0.214. The van der Waals surface area contributed by atoms with E-state index in [1.807, 2.05) is 10.8 Å². The first kappa shape index (κ1) is 14.6. The summed E-state index contributed by atoms with van der Waals surface area (Å²) in [6, 6.07) is 6.18. The maximum Gasteiger partial charge on any atom is 0.316 e. The van der Waals surface area contributed by atoms with Gasteiger partial charge in [-0.15, -0.1) is 0 Å². The fourth-order valence-electron chi connectivity index (χ4n) is 1.88. The number of hydrogen-bond donors (Lipinski definition) is 3. The molecule has 0 fully saturated rings. The van der Waals surface area contributed by atoms with E-state index in [1.165, 1.54) is 0 Å². The Labute approximate surface area is 122 Å². The van der Waals surface area contributed by atoms with E-state index < -0.39 is 6.03 Å². The van der Waals surface area contributed by atoms with E-state index in [1.54, 1.807) is 36.8 Å². The lowest BCUT2D eigenvalue weighted by Gasteiger charge is -2.08. The molecule has 0 saturated carbocycles. The second-order valence-electron chi connectivity index (χ2n) is 4.52. The van der Waals surface area contributed by atoms with E-state index in [9.17, 15) is 9.59 Å². The number of aryl methyl sites for hydroxylation is 1. The molecule has 0 atom stereocenters. The molecule has 1 aromatic carbocycles. The van der Waals surface area contributed by atoms with E-state index in [-0.39, 0.29) is 5.91 Å². The molecule has 21 heavy (non-hydrogen) atoms. The Bertz CT molecular complexity index is 610. The molecule has 0 radical (unpaired) electrons. The molecule has 2 aromatic rings. The molecule has 3 amide bonds. The number of benzene rings is 1. The maximum absolute atomic E-state index is 11.8. The number of nitrogens with zero attached hydrogens (tertiary/aromatic N) is 2. The first-order valence-electron chi connectivity index (χ1n) is 6.55. The third kappa shape index (κ3) is 4.98. The van der Waals surface area contributed by atoms with Crippen LogP contribution in [0.3, 0.4) is 0 Å². The highest BCUT2D eigenvalue weighted by Gasteiger charge is 2.04. The Kier molecular flexibility index (Phi) is 4.92. The van der Waals surface area contributed by atoms with Gasteiger partial charge in [0.1, 0.15) is 0 Å². The molecule has 0 spiro atoms. The van der Waals surface area contributed by atoms with Gasteiger partial charge in [-0.05, 0) is 24.6 Å². The zero-order valence-electron chi connectivity index (χ0n) is 11.5. The Balaban J connectivity index is 1.80. The standard InChI is InChI=1S/C14H17N5O2/c15-14(21)18-12-4-1-3-11(9-12)17-13(20)5-2-7-19-8-6-16-10-19/h1,3-4,6,8-10H,2,5,7H2,(H,17,20)(H3,15,18,21). The van der Waals surface area contributed by atoms with Crippen LogP contribution >= 0.6 is 0 Å². The number of imidazole rings is 1. The molecule has 1 aromatic heterocycles. The number of aromatic nitrogens is 2. The summed E-state index contributed by atoms with van der Waals surface area (Å²) >= 11 is 0. The zero-order chi connectivity index (χ0) is 15.1. The van der Waals surface area contributed by atoms with Crippen molar-refractivity contribution in [3.63, 3.8) is 0 Å². The van der Waals surface area contributed by atoms with Crippen LogP contribution in [0, 0.1) is 0 Å². The summed E-state index contributed by atoms with van der Waals surface area (Å²) in [5.41, 5.74) is 6.20. The minimum atomic E-state index is -0.640. The second-order valence-corrected chi connectivity index (χ2v) is 4.52. The minimum Gasteiger partial charge on any atom is -0.351 e. The number of urea groups is 1. The molecule has 2 rings (SSSR count). The number of nitrogens with two attached hydrogens (primary N) is 1. The lowest BCUT2D eigenvalue weighted by molar-refractivity contribution is -0.116. The topological polar surface area (TPSA) is 102 Å². The Morgan fingerprint density at radius 1 is 1.24 bits per heavy atom. The molecule has 0 unspecified atom stereocenters. The van der Waals surface area contributed by atoms with Gasteiger partial charge in [-0.25, -0.2) is 9.78 Å². The number of rotatable bonds is 6. The first-order chi connectivity index (χ1) is 10.1. The van der Waals surface area contributed by atoms with Crippen LogP contribution < -0.4 is 16.4 Å². The molecule has 0 aliphatic heterocycles. The molecule has 1 heterocycles. The number of amides is 3. The molecule has 0 aliphatic rings. The van der Waals surface area contributed by atoms with Gasteiger partial charge in [-0.1, -0.05) is 6.07 Å². The van der Waals surface area contributed by atoms with Crippen LogP contribution in [0.25, 0.3) is 0 Å². The highest BCUT2D eigenvalue weighted by Crippen LogP contribution is 2.15. The van der Waals surface area contributed by atoms with Crippen LogP contribution in [0.15, 0.2) is 43.0 Å². The van der Waals surface area contributed by atoms with Crippen LogP contribution in [-0.2, 0) is 11.3 Å². The van der Waals surface area contributed by atoms with Gasteiger partial charge in [-0.2, -0.15) is 0 Å². The highest BCUT2D eigenvalue weighted by molar-refractivity contribution is 5.93. The van der Waals surface area contributed by atoms with Crippen LogP contribution in [0.1, 0.15) is 12.8 Å². The maximum atomic E-state index is 11.8. The summed E-state index contributed by atoms with van der Waals surface area (Å²) in [6.07, 6.45) is 6.41. The van der Waals surface area contributed by atoms with Crippen molar-refractivity contribution in [1.29, 1.82) is 0 Å². The summed E-state index contributed by atoms with van der Waals surface area (Å²) < 4.78 is 1.92. The Morgan fingerprint density at radius 2 is 2.00 bits per heavy atom. The first-order valence-corrected chi connectivity index (χ1v) is 6.55. The van der Waals surface area contributed by atoms with Crippen molar-refractivity contribution >= 4 is 23.3 Å². The van der Waals surface area contributed by atoms with E-state index in [2.05, 4.69) is 15.6 Å². The number of primary amides is 1. The van der Waals surface area contributed by atoms with Gasteiger partial charge >= 0.3 is 6.03 Å². The Morgan fingerprint density at radius 3 is 2.67 bits per heavy atom. The zero-order valence-corrected chi connectivity index (χ0v) is 11.5. The van der Waals surface area contributed by atoms with Crippen LogP contribution in [0.4, 0.5) is 16.2 Å². The number of hydrogen-bond acceptors (Lipinski definition) is 3. The van der Waals surface area contributed by atoms with Crippen molar-refractivity contribution in [2.75, 3.05) is 10.6 Å². The molecule has 110 valence electrons. The van der Waals surface area contributed by atoms with Crippen LogP contribution in [0.5, 0.6) is 0 Å². The number of anilines is 2. The molecule has 0 saturated heterocycles. The predicted molar refractivity (Wildman–Crippen MR) is 79.7 cm³/mol. The minimum absolute atomic E-state index is 0.0775. The van der Waals surface area contributed by atoms with Crippen molar-refractivity contribution in [2.45, 2.75) is 19.4 Å². The quantitative estimate of drug-likeness (QED) is 0.754. The second kappa shape index (κ2) is 7.09. The number of nitrogens with one attached hydrogen (secondary N) is 2. The van der Waals surface area contributed by atoms with Crippen LogP contribution in [0.2, 0.25) is 0 Å². The molecule has 0 bridgehead atoms. The largest absolute Gasteiger partial charge is 0.351 e. The van der Waals surface area contributed by atoms with Gasteiger partial charge in [0.05, 0.1) is 6.33 Å². The third-order valence-electron chi connectivity index (χ3n) is 2.79. The van der Waals surface area contributed by atoms with Gasteiger partial charge in [0.25, 0.3) is 0 Å². The third-order valence-corrected chi connectivity index (χ3v) is 2.79. The molecule has 4 N–H and O–H groups in total.